The molecule has 1 aliphatic rings. The molecule has 0 bridgehead atoms. The van der Waals surface area contributed by atoms with Gasteiger partial charge in [0.25, 0.3) is 5.91 Å². The van der Waals surface area contributed by atoms with Crippen LogP contribution in [0.4, 0.5) is 10.5 Å². The highest BCUT2D eigenvalue weighted by molar-refractivity contribution is 7.91. The maximum atomic E-state index is 12.4. The van der Waals surface area contributed by atoms with Gasteiger partial charge in [0.1, 0.15) is 0 Å². The van der Waals surface area contributed by atoms with Gasteiger partial charge in [0.15, 0.2) is 16.4 Å². The van der Waals surface area contributed by atoms with E-state index in [1.807, 2.05) is 13.0 Å². The van der Waals surface area contributed by atoms with E-state index >= 15 is 0 Å². The third-order valence-electron chi connectivity index (χ3n) is 4.44. The van der Waals surface area contributed by atoms with Crippen LogP contribution in [0, 0.1) is 0 Å². The second kappa shape index (κ2) is 10.8. The molecule has 1 saturated heterocycles. The molecule has 1 atom stereocenters. The van der Waals surface area contributed by atoms with E-state index in [2.05, 4.69) is 10.6 Å². The number of ether oxygens (including phenoxy) is 1. The van der Waals surface area contributed by atoms with Gasteiger partial charge in [0.2, 0.25) is 0 Å². The quantitative estimate of drug-likeness (QED) is 0.573. The highest BCUT2D eigenvalue weighted by atomic mass is 32.2. The van der Waals surface area contributed by atoms with E-state index in [0.29, 0.717) is 25.1 Å². The van der Waals surface area contributed by atoms with Crippen LogP contribution in [0.5, 0.6) is 0 Å². The Bertz CT molecular complexity index is 812. The molecule has 0 saturated carbocycles. The molecule has 2 rings (SSSR count). The van der Waals surface area contributed by atoms with Gasteiger partial charge in [-0.2, -0.15) is 0 Å². The molecule has 1 aromatic rings. The lowest BCUT2D eigenvalue weighted by atomic mass is 10.2. The fourth-order valence-electron chi connectivity index (χ4n) is 3.05. The number of nitrogens with one attached hydrogen (secondary N) is 2. The number of urea groups is 1. The summed E-state index contributed by atoms with van der Waals surface area (Å²) in [6.45, 7) is 1.93. The van der Waals surface area contributed by atoms with Gasteiger partial charge in [-0.1, -0.05) is 25.1 Å². The number of sulfone groups is 1. The Morgan fingerprint density at radius 1 is 1.21 bits per heavy atom. The van der Waals surface area contributed by atoms with Crippen LogP contribution in [0.2, 0.25) is 0 Å². The average Bonchev–Trinajstić information content (AvgIpc) is 3.04. The minimum atomic E-state index is -3.11. The predicted molar refractivity (Wildman–Crippen MR) is 108 cm³/mol. The number of hydrogen-bond acceptors (Lipinski definition) is 6. The number of carbonyl (C=O) groups excluding carboxylic acids is 3. The molecule has 0 unspecified atom stereocenters. The lowest BCUT2D eigenvalue weighted by Gasteiger charge is -2.27. The number of rotatable bonds is 9. The zero-order valence-corrected chi connectivity index (χ0v) is 17.2. The van der Waals surface area contributed by atoms with Crippen LogP contribution >= 0.6 is 0 Å². The SMILES string of the molecule is CCCN(C(=O)COC(=O)CCNC(=O)Nc1ccccc1)[C@@H]1CCS(=O)(=O)C1. The maximum absolute atomic E-state index is 12.4. The molecular weight excluding hydrogens is 398 g/mol. The van der Waals surface area contributed by atoms with E-state index in [9.17, 15) is 22.8 Å². The topological polar surface area (TPSA) is 122 Å². The molecule has 0 spiro atoms. The first-order valence-corrected chi connectivity index (χ1v) is 11.4. The molecule has 9 nitrogen and oxygen atoms in total. The van der Waals surface area contributed by atoms with Crippen molar-refractivity contribution in [3.05, 3.63) is 30.3 Å². The van der Waals surface area contributed by atoms with Crippen molar-refractivity contribution in [2.75, 3.05) is 36.5 Å². The summed E-state index contributed by atoms with van der Waals surface area (Å²) in [5.74, 6) is -1.000. The molecule has 3 amide bonds. The normalized spacial score (nSPS) is 17.3. The summed E-state index contributed by atoms with van der Waals surface area (Å²) in [5.41, 5.74) is 0.628. The van der Waals surface area contributed by atoms with Crippen LogP contribution in [-0.2, 0) is 24.2 Å². The number of amides is 3. The first-order chi connectivity index (χ1) is 13.8. The monoisotopic (exact) mass is 425 g/mol. The van der Waals surface area contributed by atoms with E-state index in [0.717, 1.165) is 0 Å². The Balaban J connectivity index is 1.70. The lowest BCUT2D eigenvalue weighted by Crippen LogP contribution is -2.43. The maximum Gasteiger partial charge on any atom is 0.319 e. The lowest BCUT2D eigenvalue weighted by molar-refractivity contribution is -0.152. The van der Waals surface area contributed by atoms with Gasteiger partial charge >= 0.3 is 12.0 Å². The molecule has 2 N–H and O–H groups in total. The number of carbonyl (C=O) groups is 3. The summed E-state index contributed by atoms with van der Waals surface area (Å²) >= 11 is 0. The summed E-state index contributed by atoms with van der Waals surface area (Å²) < 4.78 is 28.3. The number of hydrogen-bond donors (Lipinski definition) is 2. The number of para-hydroxylation sites is 1. The van der Waals surface area contributed by atoms with Gasteiger partial charge in [-0.15, -0.1) is 0 Å². The summed E-state index contributed by atoms with van der Waals surface area (Å²) in [7, 11) is -3.11. The molecule has 160 valence electrons. The summed E-state index contributed by atoms with van der Waals surface area (Å²) in [6.07, 6.45) is 1.00. The van der Waals surface area contributed by atoms with E-state index < -0.39 is 34.4 Å². The fraction of sp³-hybridized carbons (Fsp3) is 0.526. The summed E-state index contributed by atoms with van der Waals surface area (Å²) in [4.78, 5) is 37.5. The minimum absolute atomic E-state index is 0.0485. The molecule has 0 aromatic heterocycles. The molecule has 1 aliphatic heterocycles. The first-order valence-electron chi connectivity index (χ1n) is 9.56. The smallest absolute Gasteiger partial charge is 0.319 e. The van der Waals surface area contributed by atoms with Crippen molar-refractivity contribution in [2.45, 2.75) is 32.2 Å². The van der Waals surface area contributed by atoms with Crippen LogP contribution < -0.4 is 10.6 Å². The van der Waals surface area contributed by atoms with Crippen LogP contribution in [0.15, 0.2) is 30.3 Å². The number of anilines is 1. The van der Waals surface area contributed by atoms with Crippen molar-refractivity contribution in [1.29, 1.82) is 0 Å². The van der Waals surface area contributed by atoms with Gasteiger partial charge in [0, 0.05) is 24.8 Å². The largest absolute Gasteiger partial charge is 0.456 e. The molecule has 1 heterocycles. The molecule has 1 fully saturated rings. The Morgan fingerprint density at radius 2 is 1.93 bits per heavy atom. The Kier molecular flexibility index (Phi) is 8.44. The van der Waals surface area contributed by atoms with Gasteiger partial charge < -0.3 is 20.3 Å². The number of benzene rings is 1. The van der Waals surface area contributed by atoms with Gasteiger partial charge in [-0.05, 0) is 25.0 Å². The third-order valence-corrected chi connectivity index (χ3v) is 6.19. The highest BCUT2D eigenvalue weighted by Gasteiger charge is 2.34. The third kappa shape index (κ3) is 7.72. The summed E-state index contributed by atoms with van der Waals surface area (Å²) in [6, 6.07) is 8.05. The van der Waals surface area contributed by atoms with Crippen molar-refractivity contribution in [2.24, 2.45) is 0 Å². The van der Waals surface area contributed by atoms with Crippen LogP contribution in [0.1, 0.15) is 26.2 Å². The van der Waals surface area contributed by atoms with Gasteiger partial charge in [-0.3, -0.25) is 9.59 Å². The van der Waals surface area contributed by atoms with Gasteiger partial charge in [0.05, 0.1) is 17.9 Å². The average molecular weight is 426 g/mol. The van der Waals surface area contributed by atoms with Gasteiger partial charge in [-0.25, -0.2) is 13.2 Å². The molecular formula is C19H27N3O6S. The molecule has 1 aromatic carbocycles. The van der Waals surface area contributed by atoms with E-state index in [1.54, 1.807) is 24.3 Å². The molecule has 0 radical (unpaired) electrons. The van der Waals surface area contributed by atoms with Crippen molar-refractivity contribution >= 4 is 33.4 Å². The van der Waals surface area contributed by atoms with Crippen molar-refractivity contribution in [1.82, 2.24) is 10.2 Å². The highest BCUT2D eigenvalue weighted by Crippen LogP contribution is 2.18. The van der Waals surface area contributed by atoms with E-state index in [-0.39, 0.29) is 30.5 Å². The van der Waals surface area contributed by atoms with E-state index in [1.165, 1.54) is 4.90 Å². The second-order valence-electron chi connectivity index (χ2n) is 6.80. The summed E-state index contributed by atoms with van der Waals surface area (Å²) in [5, 5.41) is 5.15. The Labute approximate surface area is 170 Å². The van der Waals surface area contributed by atoms with Crippen LogP contribution in [-0.4, -0.2) is 68.5 Å². The predicted octanol–water partition coefficient (Wildman–Crippen LogP) is 1.17. The number of esters is 1. The minimum Gasteiger partial charge on any atom is -0.456 e. The van der Waals surface area contributed by atoms with Crippen molar-refractivity contribution in [3.8, 4) is 0 Å². The molecule has 10 heteroatoms. The van der Waals surface area contributed by atoms with Crippen molar-refractivity contribution < 1.29 is 27.5 Å². The Hall–Kier alpha value is -2.62. The molecule has 29 heavy (non-hydrogen) atoms. The van der Waals surface area contributed by atoms with Crippen molar-refractivity contribution in [3.63, 3.8) is 0 Å². The Morgan fingerprint density at radius 3 is 2.55 bits per heavy atom. The zero-order chi connectivity index (χ0) is 21.3. The van der Waals surface area contributed by atoms with E-state index in [4.69, 9.17) is 4.74 Å². The fourth-order valence-corrected chi connectivity index (χ4v) is 4.78. The van der Waals surface area contributed by atoms with Crippen LogP contribution in [0.3, 0.4) is 0 Å². The standard InChI is InChI=1S/C19H27N3O6S/c1-2-11-22(16-9-12-29(26,27)14-16)17(23)13-28-18(24)8-10-20-19(25)21-15-6-4-3-5-7-15/h3-7,16H,2,8-14H2,1H3,(H2,20,21,25)/t16-/m1/s1. The second-order valence-corrected chi connectivity index (χ2v) is 9.03. The van der Waals surface area contributed by atoms with Crippen LogP contribution in [0.25, 0.3) is 0 Å². The molecule has 0 aliphatic carbocycles. The zero-order valence-electron chi connectivity index (χ0n) is 16.4. The number of nitrogens with zero attached hydrogens (tertiary/aromatic N) is 1. The first kappa shape index (κ1) is 22.7.